The first-order valence-corrected chi connectivity index (χ1v) is 6.91. The van der Waals surface area contributed by atoms with Gasteiger partial charge in [0.05, 0.1) is 10.5 Å². The fourth-order valence-electron chi connectivity index (χ4n) is 2.53. The molecule has 0 unspecified atom stereocenters. The summed E-state index contributed by atoms with van der Waals surface area (Å²) in [6, 6.07) is 0.910. The lowest BCUT2D eigenvalue weighted by Gasteiger charge is -2.23. The highest BCUT2D eigenvalue weighted by Crippen LogP contribution is 2.33. The van der Waals surface area contributed by atoms with E-state index in [2.05, 4.69) is 0 Å². The number of nitrogens with zero attached hydrogens (tertiary/aromatic N) is 3. The first kappa shape index (κ1) is 17.7. The molecule has 0 spiro atoms. The summed E-state index contributed by atoms with van der Waals surface area (Å²) >= 11 is 0. The van der Waals surface area contributed by atoms with Gasteiger partial charge in [0.15, 0.2) is 0 Å². The summed E-state index contributed by atoms with van der Waals surface area (Å²) in [4.78, 5) is 36.8. The molecule has 0 radical (unpaired) electrons. The van der Waals surface area contributed by atoms with Gasteiger partial charge in [-0.25, -0.2) is 0 Å². The Balaban J connectivity index is 2.39. The van der Waals surface area contributed by atoms with Crippen LogP contribution >= 0.6 is 0 Å². The van der Waals surface area contributed by atoms with Crippen molar-refractivity contribution in [2.24, 2.45) is 0 Å². The van der Waals surface area contributed by atoms with Crippen LogP contribution in [-0.4, -0.2) is 53.2 Å². The Hall–Kier alpha value is -2.65. The van der Waals surface area contributed by atoms with E-state index < -0.39 is 39.9 Å². The summed E-state index contributed by atoms with van der Waals surface area (Å²) in [7, 11) is 2.85. The normalized spacial score (nSPS) is 18.0. The van der Waals surface area contributed by atoms with E-state index in [9.17, 15) is 32.9 Å². The molecule has 0 bridgehead atoms. The second-order valence-electron chi connectivity index (χ2n) is 5.47. The van der Waals surface area contributed by atoms with Crippen molar-refractivity contribution in [1.29, 1.82) is 0 Å². The second-order valence-corrected chi connectivity index (χ2v) is 5.47. The van der Waals surface area contributed by atoms with Crippen molar-refractivity contribution in [3.8, 4) is 0 Å². The van der Waals surface area contributed by atoms with Gasteiger partial charge < -0.3 is 9.80 Å². The second kappa shape index (κ2) is 6.10. The molecule has 7 nitrogen and oxygen atoms in total. The van der Waals surface area contributed by atoms with E-state index in [1.165, 1.54) is 11.9 Å². The number of nitro benzene ring substituents is 1. The van der Waals surface area contributed by atoms with Gasteiger partial charge in [0, 0.05) is 26.7 Å². The van der Waals surface area contributed by atoms with Crippen LogP contribution in [0.15, 0.2) is 18.2 Å². The maximum Gasteiger partial charge on any atom is 0.416 e. The number of hydrogen-bond donors (Lipinski definition) is 0. The lowest BCUT2D eigenvalue weighted by atomic mass is 10.1. The van der Waals surface area contributed by atoms with Crippen molar-refractivity contribution >= 4 is 17.5 Å². The number of likely N-dealkylation sites (tertiary alicyclic amines) is 1. The fourth-order valence-corrected chi connectivity index (χ4v) is 2.53. The van der Waals surface area contributed by atoms with E-state index in [0.29, 0.717) is 25.1 Å². The zero-order valence-electron chi connectivity index (χ0n) is 12.8. The average molecular weight is 345 g/mol. The largest absolute Gasteiger partial charge is 0.416 e. The number of rotatable bonds is 3. The van der Waals surface area contributed by atoms with Gasteiger partial charge in [-0.1, -0.05) is 0 Å². The number of hydrogen-bond acceptors (Lipinski definition) is 4. The number of amides is 2. The van der Waals surface area contributed by atoms with Crippen LogP contribution in [0, 0.1) is 10.1 Å². The van der Waals surface area contributed by atoms with E-state index >= 15 is 0 Å². The quantitative estimate of drug-likeness (QED) is 0.619. The number of alkyl halides is 3. The maximum atomic E-state index is 12.7. The SMILES string of the molecule is CN1CC[C@@H](N(C)C(=O)c2ccc(C(F)(F)F)cc2[N+](=O)[O-])C1=O. The summed E-state index contributed by atoms with van der Waals surface area (Å²) in [6.45, 7) is 0.427. The molecule has 1 aromatic carbocycles. The average Bonchev–Trinajstić information content (AvgIpc) is 2.84. The number of nitro groups is 1. The lowest BCUT2D eigenvalue weighted by Crippen LogP contribution is -2.42. The van der Waals surface area contributed by atoms with Gasteiger partial charge in [0.2, 0.25) is 5.91 Å². The van der Waals surface area contributed by atoms with Crippen LogP contribution in [0.3, 0.4) is 0 Å². The molecule has 0 aliphatic carbocycles. The number of benzene rings is 1. The molecule has 1 aliphatic rings. The number of carbonyl (C=O) groups is 2. The van der Waals surface area contributed by atoms with Crippen molar-refractivity contribution in [2.45, 2.75) is 18.6 Å². The molecule has 1 saturated heterocycles. The van der Waals surface area contributed by atoms with Gasteiger partial charge in [0.1, 0.15) is 11.6 Å². The molecule has 1 heterocycles. The Labute approximate surface area is 134 Å². The van der Waals surface area contributed by atoms with Crippen LogP contribution in [-0.2, 0) is 11.0 Å². The standard InChI is InChI=1S/C14H14F3N3O4/c1-18-6-5-10(13(18)22)19(2)12(21)9-4-3-8(14(15,16)17)7-11(9)20(23)24/h3-4,7,10H,5-6H2,1-2H3/t10-/m1/s1. The topological polar surface area (TPSA) is 83.8 Å². The zero-order valence-corrected chi connectivity index (χ0v) is 12.8. The number of carbonyl (C=O) groups excluding carboxylic acids is 2. The smallest absolute Gasteiger partial charge is 0.344 e. The minimum absolute atomic E-state index is 0.319. The van der Waals surface area contributed by atoms with Crippen molar-refractivity contribution in [2.75, 3.05) is 20.6 Å². The van der Waals surface area contributed by atoms with E-state index in [4.69, 9.17) is 0 Å². The number of likely N-dealkylation sites (N-methyl/N-ethyl adjacent to an activating group) is 2. The van der Waals surface area contributed by atoms with Crippen LogP contribution in [0.2, 0.25) is 0 Å². The molecule has 1 aromatic rings. The van der Waals surface area contributed by atoms with Gasteiger partial charge in [-0.05, 0) is 18.6 Å². The molecule has 0 aromatic heterocycles. The van der Waals surface area contributed by atoms with E-state index in [-0.39, 0.29) is 5.91 Å². The van der Waals surface area contributed by atoms with Gasteiger partial charge in [-0.15, -0.1) is 0 Å². The summed E-state index contributed by atoms with van der Waals surface area (Å²) in [6.07, 6.45) is -4.41. The highest BCUT2D eigenvalue weighted by molar-refractivity contribution is 6.00. The molecule has 1 fully saturated rings. The van der Waals surface area contributed by atoms with Gasteiger partial charge >= 0.3 is 6.18 Å². The molecule has 10 heteroatoms. The highest BCUT2D eigenvalue weighted by Gasteiger charge is 2.38. The van der Waals surface area contributed by atoms with Crippen molar-refractivity contribution in [3.05, 3.63) is 39.4 Å². The first-order chi connectivity index (χ1) is 11.0. The summed E-state index contributed by atoms with van der Waals surface area (Å²) in [5.74, 6) is -1.19. The molecular formula is C14H14F3N3O4. The first-order valence-electron chi connectivity index (χ1n) is 6.91. The maximum absolute atomic E-state index is 12.7. The Morgan fingerprint density at radius 3 is 2.50 bits per heavy atom. The van der Waals surface area contributed by atoms with Crippen LogP contribution in [0.5, 0.6) is 0 Å². The van der Waals surface area contributed by atoms with E-state index in [0.717, 1.165) is 11.0 Å². The summed E-state index contributed by atoms with van der Waals surface area (Å²) in [5, 5.41) is 11.1. The third-order valence-corrected chi connectivity index (χ3v) is 3.94. The monoisotopic (exact) mass is 345 g/mol. The van der Waals surface area contributed by atoms with Crippen molar-refractivity contribution < 1.29 is 27.7 Å². The van der Waals surface area contributed by atoms with Crippen molar-refractivity contribution in [3.63, 3.8) is 0 Å². The van der Waals surface area contributed by atoms with Crippen molar-refractivity contribution in [1.82, 2.24) is 9.80 Å². The Morgan fingerprint density at radius 2 is 2.04 bits per heavy atom. The van der Waals surface area contributed by atoms with Crippen LogP contribution in [0.4, 0.5) is 18.9 Å². The molecular weight excluding hydrogens is 331 g/mol. The number of halogens is 3. The Bertz CT molecular complexity index is 705. The van der Waals surface area contributed by atoms with Gasteiger partial charge in [-0.2, -0.15) is 13.2 Å². The molecule has 24 heavy (non-hydrogen) atoms. The van der Waals surface area contributed by atoms with Gasteiger partial charge in [0.25, 0.3) is 11.6 Å². The summed E-state index contributed by atoms with van der Waals surface area (Å²) < 4.78 is 38.1. The lowest BCUT2D eigenvalue weighted by molar-refractivity contribution is -0.385. The minimum atomic E-state index is -4.76. The van der Waals surface area contributed by atoms with Crippen LogP contribution in [0.1, 0.15) is 22.3 Å². The summed E-state index contributed by atoms with van der Waals surface area (Å²) in [5.41, 5.74) is -2.65. The highest BCUT2D eigenvalue weighted by atomic mass is 19.4. The Kier molecular flexibility index (Phi) is 4.50. The molecule has 0 N–H and O–H groups in total. The van der Waals surface area contributed by atoms with E-state index in [1.54, 1.807) is 7.05 Å². The fraction of sp³-hybridized carbons (Fsp3) is 0.429. The third kappa shape index (κ3) is 3.17. The predicted molar refractivity (Wildman–Crippen MR) is 76.2 cm³/mol. The predicted octanol–water partition coefficient (Wildman–Crippen LogP) is 1.92. The molecule has 1 aliphatic heterocycles. The van der Waals surface area contributed by atoms with Gasteiger partial charge in [-0.3, -0.25) is 19.7 Å². The molecule has 1 atom stereocenters. The minimum Gasteiger partial charge on any atom is -0.344 e. The molecule has 2 rings (SSSR count). The van der Waals surface area contributed by atoms with Crippen LogP contribution in [0.25, 0.3) is 0 Å². The molecule has 0 saturated carbocycles. The Morgan fingerprint density at radius 1 is 1.42 bits per heavy atom. The molecule has 130 valence electrons. The third-order valence-electron chi connectivity index (χ3n) is 3.94. The van der Waals surface area contributed by atoms with Crippen LogP contribution < -0.4 is 0 Å². The molecule has 2 amide bonds. The zero-order chi connectivity index (χ0) is 18.2. The van der Waals surface area contributed by atoms with E-state index in [1.807, 2.05) is 0 Å².